The van der Waals surface area contributed by atoms with Crippen LogP contribution in [0.2, 0.25) is 0 Å². The van der Waals surface area contributed by atoms with Gasteiger partial charge in [-0.3, -0.25) is 0 Å². The highest BCUT2D eigenvalue weighted by atomic mass is 16.5. The number of likely N-dealkylation sites (N-methyl/N-ethyl adjacent to an activating group) is 1. The summed E-state index contributed by atoms with van der Waals surface area (Å²) in [7, 11) is 4.08. The van der Waals surface area contributed by atoms with Gasteiger partial charge in [-0.1, -0.05) is 0 Å². The minimum atomic E-state index is 0.287. The molecule has 6 heterocycles. The molecule has 0 bridgehead atoms. The molecule has 0 saturated carbocycles. The predicted octanol–water partition coefficient (Wildman–Crippen LogP) is 3.66. The lowest BCUT2D eigenvalue weighted by atomic mass is 10.1. The van der Waals surface area contributed by atoms with Gasteiger partial charge in [-0.25, -0.2) is 24.9 Å². The Morgan fingerprint density at radius 2 is 1.95 bits per heavy atom. The normalized spacial score (nSPS) is 17.2. The molecule has 5 aromatic rings. The zero-order valence-electron chi connectivity index (χ0n) is 21.4. The van der Waals surface area contributed by atoms with Gasteiger partial charge in [0.15, 0.2) is 17.4 Å². The zero-order chi connectivity index (χ0) is 25.8. The van der Waals surface area contributed by atoms with Gasteiger partial charge < -0.3 is 29.2 Å². The number of fused-ring (bicyclic) bond motifs is 5. The van der Waals surface area contributed by atoms with Crippen molar-refractivity contribution in [3.8, 4) is 17.4 Å². The molecule has 38 heavy (non-hydrogen) atoms. The van der Waals surface area contributed by atoms with Gasteiger partial charge in [-0.15, -0.1) is 0 Å². The smallest absolute Gasteiger partial charge is 0.221 e. The van der Waals surface area contributed by atoms with Crippen molar-refractivity contribution in [1.82, 2.24) is 34.4 Å². The maximum absolute atomic E-state index is 6.07. The molecule has 1 aromatic carbocycles. The molecular formula is C27H27N9O2. The molecule has 0 unspecified atom stereocenters. The Balaban J connectivity index is 1.16. The number of aromatic nitrogens is 6. The Labute approximate surface area is 219 Å². The van der Waals surface area contributed by atoms with Crippen LogP contribution in [-0.4, -0.2) is 73.7 Å². The molecular weight excluding hydrogens is 482 g/mol. The first-order valence-electron chi connectivity index (χ1n) is 12.6. The Bertz CT molecular complexity index is 1680. The summed E-state index contributed by atoms with van der Waals surface area (Å²) in [6, 6.07) is 9.98. The number of pyridine rings is 2. The van der Waals surface area contributed by atoms with Crippen LogP contribution in [0.3, 0.4) is 0 Å². The maximum atomic E-state index is 6.07. The number of nitrogens with one attached hydrogen (secondary N) is 1. The summed E-state index contributed by atoms with van der Waals surface area (Å²) in [6.45, 7) is 5.51. The third kappa shape index (κ3) is 3.91. The van der Waals surface area contributed by atoms with E-state index in [1.54, 1.807) is 18.9 Å². The van der Waals surface area contributed by atoms with E-state index in [2.05, 4.69) is 42.1 Å². The number of ether oxygens (including phenoxy) is 2. The van der Waals surface area contributed by atoms with Gasteiger partial charge in [0.2, 0.25) is 5.88 Å². The first-order valence-corrected chi connectivity index (χ1v) is 12.6. The quantitative estimate of drug-likeness (QED) is 0.386. The van der Waals surface area contributed by atoms with Crippen LogP contribution in [0.1, 0.15) is 5.56 Å². The molecule has 0 spiro atoms. The SMILES string of the molecule is Cc1cc(Nc2ncnc3cc4c(nc23)N2CCN(C)C[C@H]2CO4)ccc1Oc1cc2ncn(C)c2cn1. The standard InChI is InChI=1S/C27H27N9O2/c1-16-8-17(4-5-22(16)38-24-10-19-21(11-28-24)35(3)15-31-19)32-26-25-20(29-14-30-26)9-23-27(33-25)36-7-6-34(2)12-18(36)13-37-23/h4-5,8-11,14-15,18H,6-7,12-13H2,1-3H3,(H,29,30,32)/t18-/m0/s1. The van der Waals surface area contributed by atoms with E-state index in [0.717, 1.165) is 64.8 Å². The lowest BCUT2D eigenvalue weighted by molar-refractivity contribution is 0.187. The third-order valence-corrected chi connectivity index (χ3v) is 7.18. The van der Waals surface area contributed by atoms with E-state index in [1.165, 1.54) is 0 Å². The number of anilines is 3. The zero-order valence-corrected chi connectivity index (χ0v) is 21.4. The van der Waals surface area contributed by atoms with Gasteiger partial charge in [0, 0.05) is 44.5 Å². The minimum Gasteiger partial charge on any atom is -0.487 e. The number of rotatable bonds is 4. The molecule has 2 aliphatic rings. The van der Waals surface area contributed by atoms with Crippen molar-refractivity contribution < 1.29 is 9.47 Å². The van der Waals surface area contributed by atoms with Crippen LogP contribution in [0.5, 0.6) is 17.4 Å². The molecule has 11 nitrogen and oxygen atoms in total. The van der Waals surface area contributed by atoms with Gasteiger partial charge >= 0.3 is 0 Å². The van der Waals surface area contributed by atoms with E-state index in [1.807, 2.05) is 48.9 Å². The predicted molar refractivity (Wildman–Crippen MR) is 145 cm³/mol. The van der Waals surface area contributed by atoms with Crippen LogP contribution in [-0.2, 0) is 7.05 Å². The van der Waals surface area contributed by atoms with Gasteiger partial charge in [-0.2, -0.15) is 0 Å². The Kier molecular flexibility index (Phi) is 5.25. The van der Waals surface area contributed by atoms with E-state index in [9.17, 15) is 0 Å². The second-order valence-corrected chi connectivity index (χ2v) is 9.89. The molecule has 1 saturated heterocycles. The summed E-state index contributed by atoms with van der Waals surface area (Å²) in [5.74, 6) is 3.50. The second-order valence-electron chi connectivity index (χ2n) is 9.89. The molecule has 0 aliphatic carbocycles. The average molecular weight is 510 g/mol. The highest BCUT2D eigenvalue weighted by molar-refractivity contribution is 5.90. The lowest BCUT2D eigenvalue weighted by Gasteiger charge is -2.43. The number of imidazole rings is 1. The van der Waals surface area contributed by atoms with E-state index < -0.39 is 0 Å². The fourth-order valence-electron chi connectivity index (χ4n) is 5.13. The monoisotopic (exact) mass is 509 g/mol. The molecule has 192 valence electrons. The molecule has 7 rings (SSSR count). The fraction of sp³-hybridized carbons (Fsp3) is 0.296. The van der Waals surface area contributed by atoms with Crippen LogP contribution in [0.25, 0.3) is 22.1 Å². The molecule has 1 N–H and O–H groups in total. The summed E-state index contributed by atoms with van der Waals surface area (Å²) >= 11 is 0. The molecule has 4 aromatic heterocycles. The van der Waals surface area contributed by atoms with Crippen molar-refractivity contribution in [1.29, 1.82) is 0 Å². The molecule has 0 radical (unpaired) electrons. The first kappa shape index (κ1) is 22.7. The summed E-state index contributed by atoms with van der Waals surface area (Å²) in [6.07, 6.45) is 5.08. The van der Waals surface area contributed by atoms with Crippen molar-refractivity contribution in [2.24, 2.45) is 7.05 Å². The number of hydrogen-bond acceptors (Lipinski definition) is 10. The van der Waals surface area contributed by atoms with E-state index >= 15 is 0 Å². The molecule has 1 fully saturated rings. The van der Waals surface area contributed by atoms with Gasteiger partial charge in [-0.05, 0) is 37.7 Å². The lowest BCUT2D eigenvalue weighted by Crippen LogP contribution is -2.56. The van der Waals surface area contributed by atoms with E-state index in [4.69, 9.17) is 14.5 Å². The molecule has 2 aliphatic heterocycles. The summed E-state index contributed by atoms with van der Waals surface area (Å²) in [5.41, 5.74) is 5.07. The Morgan fingerprint density at radius 1 is 1.03 bits per heavy atom. The van der Waals surface area contributed by atoms with E-state index in [-0.39, 0.29) is 6.04 Å². The fourth-order valence-corrected chi connectivity index (χ4v) is 5.13. The highest BCUT2D eigenvalue weighted by Gasteiger charge is 2.33. The van der Waals surface area contributed by atoms with Crippen molar-refractivity contribution in [3.63, 3.8) is 0 Å². The maximum Gasteiger partial charge on any atom is 0.221 e. The largest absolute Gasteiger partial charge is 0.487 e. The number of piperazine rings is 1. The molecule has 1 atom stereocenters. The summed E-state index contributed by atoms with van der Waals surface area (Å²) in [5, 5.41) is 3.43. The highest BCUT2D eigenvalue weighted by Crippen LogP contribution is 2.37. The topological polar surface area (TPSA) is 106 Å². The van der Waals surface area contributed by atoms with E-state index in [0.29, 0.717) is 23.8 Å². The number of benzene rings is 1. The van der Waals surface area contributed by atoms with Gasteiger partial charge in [0.1, 0.15) is 24.2 Å². The van der Waals surface area contributed by atoms with Crippen LogP contribution in [0.4, 0.5) is 17.3 Å². The van der Waals surface area contributed by atoms with Crippen molar-refractivity contribution in [2.45, 2.75) is 13.0 Å². The third-order valence-electron chi connectivity index (χ3n) is 7.18. The van der Waals surface area contributed by atoms with Gasteiger partial charge in [0.25, 0.3) is 0 Å². The number of nitrogens with zero attached hydrogens (tertiary/aromatic N) is 8. The van der Waals surface area contributed by atoms with Crippen molar-refractivity contribution in [3.05, 3.63) is 54.7 Å². The van der Waals surface area contributed by atoms with Crippen LogP contribution < -0.4 is 19.7 Å². The minimum absolute atomic E-state index is 0.287. The number of aryl methyl sites for hydroxylation is 2. The summed E-state index contributed by atoms with van der Waals surface area (Å²) < 4.78 is 14.1. The molecule has 0 amide bonds. The Hall–Kier alpha value is -4.51. The van der Waals surface area contributed by atoms with Crippen molar-refractivity contribution >= 4 is 39.4 Å². The van der Waals surface area contributed by atoms with Crippen LogP contribution >= 0.6 is 0 Å². The van der Waals surface area contributed by atoms with Crippen LogP contribution in [0, 0.1) is 6.92 Å². The van der Waals surface area contributed by atoms with Gasteiger partial charge in [0.05, 0.1) is 35.1 Å². The van der Waals surface area contributed by atoms with Crippen LogP contribution in [0.15, 0.2) is 49.2 Å². The van der Waals surface area contributed by atoms with Crippen molar-refractivity contribution in [2.75, 3.05) is 43.5 Å². The Morgan fingerprint density at radius 3 is 2.84 bits per heavy atom. The first-order chi connectivity index (χ1) is 18.5. The number of hydrogen-bond donors (Lipinski definition) is 1. The second kappa shape index (κ2) is 8.80. The molecule has 11 heteroatoms. The average Bonchev–Trinajstić information content (AvgIpc) is 3.29. The summed E-state index contributed by atoms with van der Waals surface area (Å²) in [4.78, 5) is 27.5.